The number of aliphatic imine (C=N–C) groups is 1. The zero-order chi connectivity index (χ0) is 6.20. The number of nitrogens with two attached hydrogens (primary N) is 1. The van der Waals surface area contributed by atoms with Crippen LogP contribution in [0, 0.1) is 0 Å². The van der Waals surface area contributed by atoms with Crippen molar-refractivity contribution in [2.24, 2.45) is 10.7 Å². The Morgan fingerprint density at radius 1 is 1.75 bits per heavy atom. The van der Waals surface area contributed by atoms with Crippen molar-refractivity contribution >= 4 is 6.02 Å². The third-order valence-corrected chi connectivity index (χ3v) is 0.986. The molecule has 0 aromatic carbocycles. The Morgan fingerprint density at radius 3 is 2.50 bits per heavy atom. The first kappa shape index (κ1) is 5.41. The summed E-state index contributed by atoms with van der Waals surface area (Å²) in [6.45, 7) is 4.57. The average Bonchev–Trinajstić information content (AvgIpc) is 1.82. The minimum Gasteiger partial charge on any atom is -0.463 e. The van der Waals surface area contributed by atoms with Gasteiger partial charge in [-0.1, -0.05) is 0 Å². The Kier molecular flexibility index (Phi) is 0.927. The highest BCUT2D eigenvalue weighted by Crippen LogP contribution is 2.14. The van der Waals surface area contributed by atoms with Crippen molar-refractivity contribution in [3.63, 3.8) is 0 Å². The molecule has 3 heteroatoms. The summed E-state index contributed by atoms with van der Waals surface area (Å²) in [5.74, 6) is 0. The number of hydrogen-bond acceptors (Lipinski definition) is 3. The van der Waals surface area contributed by atoms with Crippen LogP contribution in [0.5, 0.6) is 0 Å². The lowest BCUT2D eigenvalue weighted by atomic mass is 10.1. The van der Waals surface area contributed by atoms with Gasteiger partial charge in [-0.2, -0.15) is 0 Å². The summed E-state index contributed by atoms with van der Waals surface area (Å²) in [5.41, 5.74) is 5.14. The van der Waals surface area contributed by atoms with Gasteiger partial charge in [0.15, 0.2) is 0 Å². The summed E-state index contributed by atoms with van der Waals surface area (Å²) in [4.78, 5) is 3.99. The molecule has 1 heterocycles. The molecule has 1 aliphatic rings. The van der Waals surface area contributed by atoms with Crippen LogP contribution in [0.3, 0.4) is 0 Å². The lowest BCUT2D eigenvalue weighted by Crippen LogP contribution is -2.17. The van der Waals surface area contributed by atoms with Gasteiger partial charge in [-0.3, -0.25) is 0 Å². The van der Waals surface area contributed by atoms with Gasteiger partial charge in [-0.05, 0) is 13.8 Å². The molecule has 0 bridgehead atoms. The minimum absolute atomic E-state index is 0.0932. The minimum atomic E-state index is -0.0932. The molecule has 0 atom stereocenters. The maximum absolute atomic E-state index is 5.24. The first-order valence-electron chi connectivity index (χ1n) is 2.58. The smallest absolute Gasteiger partial charge is 0.282 e. The van der Waals surface area contributed by atoms with Crippen LogP contribution in [0.1, 0.15) is 13.8 Å². The Bertz CT molecular complexity index is 128. The highest BCUT2D eigenvalue weighted by Gasteiger charge is 2.24. The second kappa shape index (κ2) is 1.37. The van der Waals surface area contributed by atoms with E-state index in [1.54, 1.807) is 0 Å². The molecule has 8 heavy (non-hydrogen) atoms. The van der Waals surface area contributed by atoms with Gasteiger partial charge in [0.1, 0.15) is 6.61 Å². The molecule has 0 radical (unpaired) electrons. The van der Waals surface area contributed by atoms with Gasteiger partial charge in [0.2, 0.25) is 0 Å². The summed E-state index contributed by atoms with van der Waals surface area (Å²) in [5, 5.41) is 0. The molecule has 0 amide bonds. The van der Waals surface area contributed by atoms with Crippen LogP contribution in [0.2, 0.25) is 0 Å². The number of ether oxygens (including phenoxy) is 1. The van der Waals surface area contributed by atoms with Crippen molar-refractivity contribution in [2.75, 3.05) is 6.61 Å². The molecule has 0 unspecified atom stereocenters. The van der Waals surface area contributed by atoms with Gasteiger partial charge < -0.3 is 10.5 Å². The molecule has 3 nitrogen and oxygen atoms in total. The Hall–Kier alpha value is -0.730. The predicted molar refractivity (Wildman–Crippen MR) is 31.7 cm³/mol. The maximum atomic E-state index is 5.24. The van der Waals surface area contributed by atoms with Crippen LogP contribution in [0.15, 0.2) is 4.99 Å². The molecular formula is C5H10N2O. The molecule has 0 aromatic rings. The summed E-state index contributed by atoms with van der Waals surface area (Å²) < 4.78 is 4.90. The van der Waals surface area contributed by atoms with Crippen LogP contribution in [-0.2, 0) is 4.74 Å². The van der Waals surface area contributed by atoms with Crippen molar-refractivity contribution in [1.82, 2.24) is 0 Å². The van der Waals surface area contributed by atoms with E-state index in [2.05, 4.69) is 4.99 Å². The highest BCUT2D eigenvalue weighted by atomic mass is 16.5. The predicted octanol–water partition coefficient (Wildman–Crippen LogP) is 0.110. The third kappa shape index (κ3) is 0.911. The molecule has 1 aliphatic heterocycles. The average molecular weight is 114 g/mol. The standard InChI is InChI=1S/C5H10N2O/c1-5(2)3-8-4(6)7-5/h3H2,1-2H3,(H2,6,7). The number of amidine groups is 1. The fourth-order valence-corrected chi connectivity index (χ4v) is 0.613. The van der Waals surface area contributed by atoms with Crippen LogP contribution < -0.4 is 5.73 Å². The molecule has 0 aromatic heterocycles. The van der Waals surface area contributed by atoms with E-state index in [0.29, 0.717) is 12.6 Å². The molecule has 0 aliphatic carbocycles. The molecule has 0 saturated heterocycles. The first-order valence-corrected chi connectivity index (χ1v) is 2.58. The van der Waals surface area contributed by atoms with Crippen molar-refractivity contribution in [2.45, 2.75) is 19.4 Å². The number of rotatable bonds is 0. The zero-order valence-electron chi connectivity index (χ0n) is 5.14. The van der Waals surface area contributed by atoms with Gasteiger partial charge >= 0.3 is 0 Å². The summed E-state index contributed by atoms with van der Waals surface area (Å²) >= 11 is 0. The van der Waals surface area contributed by atoms with E-state index in [-0.39, 0.29) is 5.54 Å². The van der Waals surface area contributed by atoms with E-state index >= 15 is 0 Å². The number of hydrogen-bond donors (Lipinski definition) is 1. The first-order chi connectivity index (χ1) is 3.60. The molecule has 1 rings (SSSR count). The summed E-state index contributed by atoms with van der Waals surface area (Å²) in [6, 6.07) is 0.315. The SMILES string of the molecule is CC1(C)COC(N)=N1. The molecule has 2 N–H and O–H groups in total. The van der Waals surface area contributed by atoms with Gasteiger partial charge in [0, 0.05) is 0 Å². The quantitative estimate of drug-likeness (QED) is 0.486. The largest absolute Gasteiger partial charge is 0.463 e. The van der Waals surface area contributed by atoms with Crippen molar-refractivity contribution in [3.05, 3.63) is 0 Å². The van der Waals surface area contributed by atoms with Gasteiger partial charge in [-0.25, -0.2) is 4.99 Å². The Balaban J connectivity index is 2.67. The molecular weight excluding hydrogens is 104 g/mol. The van der Waals surface area contributed by atoms with Crippen LogP contribution in [0.25, 0.3) is 0 Å². The second-order valence-electron chi connectivity index (χ2n) is 2.55. The lowest BCUT2D eigenvalue weighted by molar-refractivity contribution is 0.276. The second-order valence-corrected chi connectivity index (χ2v) is 2.55. The van der Waals surface area contributed by atoms with Crippen LogP contribution >= 0.6 is 0 Å². The van der Waals surface area contributed by atoms with E-state index in [1.807, 2.05) is 13.8 Å². The molecule has 0 fully saturated rings. The van der Waals surface area contributed by atoms with Gasteiger partial charge in [0.25, 0.3) is 6.02 Å². The monoisotopic (exact) mass is 114 g/mol. The fourth-order valence-electron chi connectivity index (χ4n) is 0.613. The fraction of sp³-hybridized carbons (Fsp3) is 0.800. The van der Waals surface area contributed by atoms with Crippen LogP contribution in [-0.4, -0.2) is 18.2 Å². The lowest BCUT2D eigenvalue weighted by Gasteiger charge is -2.07. The van der Waals surface area contributed by atoms with E-state index < -0.39 is 0 Å². The Labute approximate surface area is 48.5 Å². The van der Waals surface area contributed by atoms with Crippen molar-refractivity contribution in [3.8, 4) is 0 Å². The maximum Gasteiger partial charge on any atom is 0.282 e. The Morgan fingerprint density at radius 2 is 2.38 bits per heavy atom. The summed E-state index contributed by atoms with van der Waals surface area (Å²) in [6.07, 6.45) is 0. The van der Waals surface area contributed by atoms with E-state index in [4.69, 9.17) is 10.5 Å². The topological polar surface area (TPSA) is 47.6 Å². The normalized spacial score (nSPS) is 24.5. The molecule has 0 spiro atoms. The number of nitrogens with zero attached hydrogens (tertiary/aromatic N) is 1. The van der Waals surface area contributed by atoms with Gasteiger partial charge in [-0.15, -0.1) is 0 Å². The molecule has 0 saturated carbocycles. The highest BCUT2D eigenvalue weighted by molar-refractivity contribution is 5.73. The van der Waals surface area contributed by atoms with E-state index in [9.17, 15) is 0 Å². The van der Waals surface area contributed by atoms with E-state index in [0.717, 1.165) is 0 Å². The van der Waals surface area contributed by atoms with Crippen molar-refractivity contribution < 1.29 is 4.74 Å². The van der Waals surface area contributed by atoms with E-state index in [1.165, 1.54) is 0 Å². The zero-order valence-corrected chi connectivity index (χ0v) is 5.14. The van der Waals surface area contributed by atoms with Gasteiger partial charge in [0.05, 0.1) is 5.54 Å². The molecule has 46 valence electrons. The van der Waals surface area contributed by atoms with Crippen molar-refractivity contribution in [1.29, 1.82) is 0 Å². The van der Waals surface area contributed by atoms with Crippen LogP contribution in [0.4, 0.5) is 0 Å². The third-order valence-electron chi connectivity index (χ3n) is 0.986. The summed E-state index contributed by atoms with van der Waals surface area (Å²) in [7, 11) is 0.